The van der Waals surface area contributed by atoms with Gasteiger partial charge in [-0.3, -0.25) is 0 Å². The van der Waals surface area contributed by atoms with E-state index in [2.05, 4.69) is 11.1 Å². The highest BCUT2D eigenvalue weighted by Gasteiger charge is 2.11. The Morgan fingerprint density at radius 1 is 1.31 bits per heavy atom. The van der Waals surface area contributed by atoms with E-state index in [0.717, 1.165) is 21.9 Å². The van der Waals surface area contributed by atoms with Crippen LogP contribution in [0.15, 0.2) is 30.3 Å². The van der Waals surface area contributed by atoms with Crippen LogP contribution < -0.4 is 5.73 Å². The molecule has 0 aliphatic rings. The van der Waals surface area contributed by atoms with Crippen LogP contribution in [0.2, 0.25) is 0 Å². The molecule has 0 radical (unpaired) electrons. The maximum absolute atomic E-state index is 9.02. The van der Waals surface area contributed by atoms with Crippen LogP contribution in [0.5, 0.6) is 0 Å². The van der Waals surface area contributed by atoms with Crippen LogP contribution >= 0.6 is 11.3 Å². The summed E-state index contributed by atoms with van der Waals surface area (Å²) in [6.07, 6.45) is 0.728. The smallest absolute Gasteiger partial charge is 0.159 e. The molecule has 2 N–H and O–H groups in total. The fourth-order valence-corrected chi connectivity index (χ4v) is 2.49. The first-order valence-electron chi connectivity index (χ1n) is 5.00. The van der Waals surface area contributed by atoms with E-state index in [9.17, 15) is 0 Å². The van der Waals surface area contributed by atoms with Gasteiger partial charge in [0.1, 0.15) is 6.07 Å². The minimum absolute atomic E-state index is 0.500. The van der Waals surface area contributed by atoms with Gasteiger partial charge < -0.3 is 5.73 Å². The van der Waals surface area contributed by atoms with E-state index in [1.165, 1.54) is 0 Å². The molecule has 0 spiro atoms. The van der Waals surface area contributed by atoms with Crippen molar-refractivity contribution in [2.45, 2.75) is 6.42 Å². The highest BCUT2D eigenvalue weighted by Crippen LogP contribution is 2.29. The van der Waals surface area contributed by atoms with Gasteiger partial charge in [0, 0.05) is 6.42 Å². The van der Waals surface area contributed by atoms with Gasteiger partial charge in [0.2, 0.25) is 0 Å². The molecular weight excluding hydrogens is 218 g/mol. The molecule has 0 aliphatic heterocycles. The molecule has 0 aliphatic carbocycles. The summed E-state index contributed by atoms with van der Waals surface area (Å²) >= 11 is 1.55. The Kier molecular flexibility index (Phi) is 3.30. The van der Waals surface area contributed by atoms with Crippen molar-refractivity contribution in [1.29, 1.82) is 5.26 Å². The second-order valence-electron chi connectivity index (χ2n) is 3.30. The summed E-state index contributed by atoms with van der Waals surface area (Å²) in [5.41, 5.74) is 7.02. The third kappa shape index (κ3) is 2.11. The Bertz CT molecular complexity index is 511. The maximum Gasteiger partial charge on any atom is 0.159 e. The lowest BCUT2D eigenvalue weighted by molar-refractivity contribution is 0.950. The van der Waals surface area contributed by atoms with Gasteiger partial charge in [0.05, 0.1) is 9.88 Å². The highest BCUT2D eigenvalue weighted by atomic mass is 32.1. The van der Waals surface area contributed by atoms with Gasteiger partial charge in [-0.1, -0.05) is 30.3 Å². The number of benzene rings is 1. The predicted molar refractivity (Wildman–Crippen MR) is 65.0 cm³/mol. The molecule has 2 rings (SSSR count). The van der Waals surface area contributed by atoms with Crippen molar-refractivity contribution in [2.24, 2.45) is 5.73 Å². The topological polar surface area (TPSA) is 62.7 Å². The number of hydrogen-bond donors (Lipinski definition) is 1. The van der Waals surface area contributed by atoms with Gasteiger partial charge in [0.15, 0.2) is 5.69 Å². The van der Waals surface area contributed by atoms with Crippen LogP contribution in [-0.4, -0.2) is 11.5 Å². The summed E-state index contributed by atoms with van der Waals surface area (Å²) in [4.78, 5) is 5.21. The van der Waals surface area contributed by atoms with Crippen molar-refractivity contribution < 1.29 is 0 Å². The molecule has 0 saturated heterocycles. The Labute approximate surface area is 98.2 Å². The van der Waals surface area contributed by atoms with Gasteiger partial charge >= 0.3 is 0 Å². The monoisotopic (exact) mass is 229 g/mol. The van der Waals surface area contributed by atoms with Crippen molar-refractivity contribution in [1.82, 2.24) is 4.98 Å². The van der Waals surface area contributed by atoms with Gasteiger partial charge in [-0.15, -0.1) is 11.3 Å². The molecule has 0 atom stereocenters. The van der Waals surface area contributed by atoms with E-state index < -0.39 is 0 Å². The van der Waals surface area contributed by atoms with E-state index in [1.807, 2.05) is 30.3 Å². The van der Waals surface area contributed by atoms with Gasteiger partial charge in [-0.2, -0.15) is 5.26 Å². The molecule has 1 aromatic carbocycles. The summed E-state index contributed by atoms with van der Waals surface area (Å²) in [6, 6.07) is 12.0. The Morgan fingerprint density at radius 3 is 2.69 bits per heavy atom. The number of nitriles is 1. The van der Waals surface area contributed by atoms with Crippen LogP contribution in [-0.2, 0) is 6.42 Å². The van der Waals surface area contributed by atoms with Gasteiger partial charge in [-0.25, -0.2) is 4.98 Å². The number of nitrogens with two attached hydrogens (primary N) is 1. The van der Waals surface area contributed by atoms with E-state index in [-0.39, 0.29) is 0 Å². The molecule has 0 fully saturated rings. The molecule has 80 valence electrons. The molecule has 4 heteroatoms. The maximum atomic E-state index is 9.02. The highest BCUT2D eigenvalue weighted by molar-refractivity contribution is 7.15. The standard InChI is InChI=1S/C12H11N3S/c13-7-6-11-15-10(8-14)12(16-11)9-4-2-1-3-5-9/h1-5H,6-7,13H2. The predicted octanol–water partition coefficient (Wildman–Crippen LogP) is 2.18. The van der Waals surface area contributed by atoms with Crippen molar-refractivity contribution >= 4 is 11.3 Å². The first kappa shape index (κ1) is 10.8. The zero-order chi connectivity index (χ0) is 11.4. The molecule has 3 nitrogen and oxygen atoms in total. The molecule has 1 aromatic heterocycles. The summed E-state index contributed by atoms with van der Waals surface area (Å²) in [7, 11) is 0. The number of rotatable bonds is 3. The van der Waals surface area contributed by atoms with Crippen molar-refractivity contribution in [2.75, 3.05) is 6.54 Å². The number of hydrogen-bond acceptors (Lipinski definition) is 4. The minimum atomic E-state index is 0.500. The largest absolute Gasteiger partial charge is 0.330 e. The van der Waals surface area contributed by atoms with Crippen LogP contribution in [0.1, 0.15) is 10.7 Å². The lowest BCUT2D eigenvalue weighted by Crippen LogP contribution is -2.01. The van der Waals surface area contributed by atoms with Crippen molar-refractivity contribution in [3.05, 3.63) is 41.0 Å². The summed E-state index contributed by atoms with van der Waals surface area (Å²) < 4.78 is 0. The van der Waals surface area contributed by atoms with Gasteiger partial charge in [-0.05, 0) is 12.1 Å². The third-order valence-corrected chi connectivity index (χ3v) is 3.34. The Hall–Kier alpha value is -1.70. The lowest BCUT2D eigenvalue weighted by Gasteiger charge is -1.95. The molecule has 0 bridgehead atoms. The van der Waals surface area contributed by atoms with Gasteiger partial charge in [0.25, 0.3) is 0 Å². The second-order valence-corrected chi connectivity index (χ2v) is 4.39. The first-order valence-corrected chi connectivity index (χ1v) is 5.82. The Morgan fingerprint density at radius 2 is 2.06 bits per heavy atom. The normalized spacial score (nSPS) is 10.0. The summed E-state index contributed by atoms with van der Waals surface area (Å²) in [5, 5.41) is 9.95. The molecule has 16 heavy (non-hydrogen) atoms. The van der Waals surface area contributed by atoms with E-state index in [1.54, 1.807) is 11.3 Å². The summed E-state index contributed by atoms with van der Waals surface area (Å²) in [5.74, 6) is 0. The molecular formula is C12H11N3S. The van der Waals surface area contributed by atoms with Crippen molar-refractivity contribution in [3.63, 3.8) is 0 Å². The van der Waals surface area contributed by atoms with Crippen molar-refractivity contribution in [3.8, 4) is 16.5 Å². The third-order valence-electron chi connectivity index (χ3n) is 2.17. The lowest BCUT2D eigenvalue weighted by atomic mass is 10.2. The van der Waals surface area contributed by atoms with Crippen LogP contribution in [0.4, 0.5) is 0 Å². The minimum Gasteiger partial charge on any atom is -0.330 e. The summed E-state index contributed by atoms with van der Waals surface area (Å²) in [6.45, 7) is 0.562. The number of thiazole rings is 1. The molecule has 0 saturated carbocycles. The zero-order valence-corrected chi connectivity index (χ0v) is 9.50. The molecule has 1 heterocycles. The molecule has 2 aromatic rings. The first-order chi connectivity index (χ1) is 7.85. The SMILES string of the molecule is N#Cc1nc(CCN)sc1-c1ccccc1. The average Bonchev–Trinajstić information content (AvgIpc) is 2.74. The van der Waals surface area contributed by atoms with E-state index in [0.29, 0.717) is 12.2 Å². The van der Waals surface area contributed by atoms with Crippen LogP contribution in [0.3, 0.4) is 0 Å². The van der Waals surface area contributed by atoms with E-state index in [4.69, 9.17) is 11.0 Å². The quantitative estimate of drug-likeness (QED) is 0.877. The van der Waals surface area contributed by atoms with Crippen LogP contribution in [0, 0.1) is 11.3 Å². The average molecular weight is 229 g/mol. The fourth-order valence-electron chi connectivity index (χ4n) is 1.46. The van der Waals surface area contributed by atoms with E-state index >= 15 is 0 Å². The number of aromatic nitrogens is 1. The number of nitrogens with zero attached hydrogens (tertiary/aromatic N) is 2. The fraction of sp³-hybridized carbons (Fsp3) is 0.167. The zero-order valence-electron chi connectivity index (χ0n) is 8.68. The molecule has 0 amide bonds. The Balaban J connectivity index is 2.45. The van der Waals surface area contributed by atoms with Crippen LogP contribution in [0.25, 0.3) is 10.4 Å². The molecule has 0 unspecified atom stereocenters. The second kappa shape index (κ2) is 4.88.